The van der Waals surface area contributed by atoms with Crippen LogP contribution in [0, 0.1) is 0 Å². The zero-order chi connectivity index (χ0) is 19.2. The van der Waals surface area contributed by atoms with Crippen LogP contribution in [-0.2, 0) is 6.54 Å². The van der Waals surface area contributed by atoms with Crippen LogP contribution in [-0.4, -0.2) is 42.0 Å². The monoisotopic (exact) mass is 377 g/mol. The number of aliphatic imine (C=N–C) groups is 1. The number of nitrogens with one attached hydrogen (secondary N) is 2. The highest BCUT2D eigenvalue weighted by atomic mass is 16.6. The largest absolute Gasteiger partial charge is 0.486 e. The SMILES string of the molecule is CN=C(NCc1cnn(-c2ccccc2)c1)NCC1COc2ccccc2O1. The van der Waals surface area contributed by atoms with Crippen molar-refractivity contribution in [3.8, 4) is 17.2 Å². The Morgan fingerprint density at radius 2 is 1.89 bits per heavy atom. The lowest BCUT2D eigenvalue weighted by Crippen LogP contribution is -2.45. The normalized spacial score (nSPS) is 15.9. The van der Waals surface area contributed by atoms with Crippen molar-refractivity contribution in [2.75, 3.05) is 20.2 Å². The highest BCUT2D eigenvalue weighted by Gasteiger charge is 2.20. The van der Waals surface area contributed by atoms with Crippen LogP contribution in [0.25, 0.3) is 5.69 Å². The summed E-state index contributed by atoms with van der Waals surface area (Å²) in [7, 11) is 1.75. The van der Waals surface area contributed by atoms with Crippen LogP contribution in [0.3, 0.4) is 0 Å². The van der Waals surface area contributed by atoms with E-state index in [2.05, 4.69) is 20.7 Å². The average Bonchev–Trinajstić information content (AvgIpc) is 3.23. The molecule has 0 saturated carbocycles. The molecule has 7 nitrogen and oxygen atoms in total. The molecule has 28 heavy (non-hydrogen) atoms. The van der Waals surface area contributed by atoms with Gasteiger partial charge in [0.2, 0.25) is 0 Å². The molecule has 0 fully saturated rings. The van der Waals surface area contributed by atoms with Crippen molar-refractivity contribution in [3.05, 3.63) is 72.6 Å². The summed E-state index contributed by atoms with van der Waals surface area (Å²) >= 11 is 0. The van der Waals surface area contributed by atoms with E-state index in [-0.39, 0.29) is 6.10 Å². The van der Waals surface area contributed by atoms with Crippen LogP contribution in [0.2, 0.25) is 0 Å². The Bertz CT molecular complexity index is 939. The molecule has 0 aliphatic carbocycles. The van der Waals surface area contributed by atoms with Crippen molar-refractivity contribution in [2.45, 2.75) is 12.6 Å². The molecular weight excluding hydrogens is 354 g/mol. The van der Waals surface area contributed by atoms with Crippen molar-refractivity contribution in [3.63, 3.8) is 0 Å². The van der Waals surface area contributed by atoms with E-state index in [1.54, 1.807) is 7.05 Å². The summed E-state index contributed by atoms with van der Waals surface area (Å²) < 4.78 is 13.6. The first kappa shape index (κ1) is 17.9. The van der Waals surface area contributed by atoms with E-state index in [4.69, 9.17) is 9.47 Å². The van der Waals surface area contributed by atoms with E-state index in [9.17, 15) is 0 Å². The maximum Gasteiger partial charge on any atom is 0.191 e. The first-order valence-corrected chi connectivity index (χ1v) is 9.24. The fourth-order valence-electron chi connectivity index (χ4n) is 2.95. The topological polar surface area (TPSA) is 72.7 Å². The molecule has 1 unspecified atom stereocenters. The summed E-state index contributed by atoms with van der Waals surface area (Å²) in [5.41, 5.74) is 2.10. The molecule has 0 spiro atoms. The van der Waals surface area contributed by atoms with Gasteiger partial charge in [0.15, 0.2) is 17.5 Å². The number of para-hydroxylation sites is 3. The quantitative estimate of drug-likeness (QED) is 0.528. The molecule has 4 rings (SSSR count). The van der Waals surface area contributed by atoms with Crippen LogP contribution in [0.15, 0.2) is 72.0 Å². The third kappa shape index (κ3) is 4.25. The summed E-state index contributed by atoms with van der Waals surface area (Å²) in [6.45, 7) is 1.72. The molecule has 2 N–H and O–H groups in total. The van der Waals surface area contributed by atoms with Gasteiger partial charge in [0, 0.05) is 25.4 Å². The van der Waals surface area contributed by atoms with Gasteiger partial charge < -0.3 is 20.1 Å². The number of aromatic nitrogens is 2. The molecule has 144 valence electrons. The van der Waals surface area contributed by atoms with Crippen LogP contribution in [0.1, 0.15) is 5.56 Å². The second-order valence-corrected chi connectivity index (χ2v) is 6.43. The van der Waals surface area contributed by atoms with E-state index < -0.39 is 0 Å². The molecule has 0 bridgehead atoms. The Morgan fingerprint density at radius 3 is 2.71 bits per heavy atom. The molecule has 7 heteroatoms. The van der Waals surface area contributed by atoms with Gasteiger partial charge in [-0.15, -0.1) is 0 Å². The molecule has 2 aromatic carbocycles. The van der Waals surface area contributed by atoms with Crippen molar-refractivity contribution in [2.24, 2.45) is 4.99 Å². The van der Waals surface area contributed by atoms with Gasteiger partial charge in [0.1, 0.15) is 12.7 Å². The van der Waals surface area contributed by atoms with Gasteiger partial charge in [0.05, 0.1) is 18.4 Å². The molecule has 0 saturated heterocycles. The van der Waals surface area contributed by atoms with Gasteiger partial charge in [-0.3, -0.25) is 4.99 Å². The highest BCUT2D eigenvalue weighted by molar-refractivity contribution is 5.79. The predicted octanol–water partition coefficient (Wildman–Crippen LogP) is 2.38. The Morgan fingerprint density at radius 1 is 1.11 bits per heavy atom. The van der Waals surface area contributed by atoms with Crippen LogP contribution < -0.4 is 20.1 Å². The number of fused-ring (bicyclic) bond motifs is 1. The second-order valence-electron chi connectivity index (χ2n) is 6.43. The highest BCUT2D eigenvalue weighted by Crippen LogP contribution is 2.30. The zero-order valence-corrected chi connectivity index (χ0v) is 15.7. The van der Waals surface area contributed by atoms with E-state index in [1.165, 1.54) is 0 Å². The first-order chi connectivity index (χ1) is 13.8. The van der Waals surface area contributed by atoms with E-state index in [0.29, 0.717) is 25.7 Å². The standard InChI is InChI=1S/C21H23N5O2/c1-22-21(24-13-18-15-27-19-9-5-6-10-20(19)28-18)23-11-16-12-25-26(14-16)17-7-3-2-4-8-17/h2-10,12,14,18H,11,13,15H2,1H3,(H2,22,23,24). The molecule has 1 aliphatic rings. The van der Waals surface area contributed by atoms with Crippen molar-refractivity contribution in [1.82, 2.24) is 20.4 Å². The Balaban J connectivity index is 1.27. The Labute approximate surface area is 164 Å². The molecule has 2 heterocycles. The number of nitrogens with zero attached hydrogens (tertiary/aromatic N) is 3. The number of ether oxygens (including phenoxy) is 2. The molecular formula is C21H23N5O2. The second kappa shape index (κ2) is 8.47. The van der Waals surface area contributed by atoms with Gasteiger partial charge in [-0.1, -0.05) is 30.3 Å². The van der Waals surface area contributed by atoms with Crippen LogP contribution in [0.5, 0.6) is 11.5 Å². The molecule has 1 aromatic heterocycles. The number of rotatable bonds is 5. The molecule has 0 amide bonds. The van der Waals surface area contributed by atoms with Crippen molar-refractivity contribution < 1.29 is 9.47 Å². The van der Waals surface area contributed by atoms with Gasteiger partial charge in [0.25, 0.3) is 0 Å². The minimum atomic E-state index is -0.0747. The smallest absolute Gasteiger partial charge is 0.191 e. The average molecular weight is 377 g/mol. The molecule has 1 aliphatic heterocycles. The van der Waals surface area contributed by atoms with Gasteiger partial charge in [-0.05, 0) is 24.3 Å². The molecule has 0 radical (unpaired) electrons. The summed E-state index contributed by atoms with van der Waals surface area (Å²) in [5, 5.41) is 11.0. The van der Waals surface area contributed by atoms with Crippen molar-refractivity contribution in [1.29, 1.82) is 0 Å². The fraction of sp³-hybridized carbons (Fsp3) is 0.238. The summed E-state index contributed by atoms with van der Waals surface area (Å²) in [5.74, 6) is 2.27. The fourth-order valence-corrected chi connectivity index (χ4v) is 2.95. The van der Waals surface area contributed by atoms with Crippen LogP contribution in [0.4, 0.5) is 0 Å². The third-order valence-electron chi connectivity index (χ3n) is 4.41. The maximum absolute atomic E-state index is 5.96. The summed E-state index contributed by atoms with van der Waals surface area (Å²) in [4.78, 5) is 4.27. The minimum Gasteiger partial charge on any atom is -0.486 e. The first-order valence-electron chi connectivity index (χ1n) is 9.24. The number of guanidine groups is 1. The van der Waals surface area contributed by atoms with E-state index >= 15 is 0 Å². The predicted molar refractivity (Wildman–Crippen MR) is 108 cm³/mol. The lowest BCUT2D eigenvalue weighted by molar-refractivity contribution is 0.0936. The van der Waals surface area contributed by atoms with Gasteiger partial charge in [-0.2, -0.15) is 5.10 Å². The Hall–Kier alpha value is -3.48. The summed E-state index contributed by atoms with van der Waals surface area (Å²) in [6.07, 6.45) is 3.78. The summed E-state index contributed by atoms with van der Waals surface area (Å²) in [6, 6.07) is 17.7. The van der Waals surface area contributed by atoms with E-state index in [0.717, 1.165) is 22.7 Å². The molecule has 3 aromatic rings. The van der Waals surface area contributed by atoms with E-state index in [1.807, 2.05) is 71.7 Å². The van der Waals surface area contributed by atoms with Gasteiger partial charge in [-0.25, -0.2) is 4.68 Å². The number of benzene rings is 2. The zero-order valence-electron chi connectivity index (χ0n) is 15.7. The molecule has 1 atom stereocenters. The lowest BCUT2D eigenvalue weighted by Gasteiger charge is -2.27. The minimum absolute atomic E-state index is 0.0747. The van der Waals surface area contributed by atoms with Gasteiger partial charge >= 0.3 is 0 Å². The third-order valence-corrected chi connectivity index (χ3v) is 4.41. The maximum atomic E-state index is 5.96. The van der Waals surface area contributed by atoms with Crippen molar-refractivity contribution >= 4 is 5.96 Å². The lowest BCUT2D eigenvalue weighted by atomic mass is 10.2. The van der Waals surface area contributed by atoms with Crippen LogP contribution >= 0.6 is 0 Å². The number of hydrogen-bond donors (Lipinski definition) is 2. The Kier molecular flexibility index (Phi) is 5.42. The number of hydrogen-bond acceptors (Lipinski definition) is 4.